The van der Waals surface area contributed by atoms with Gasteiger partial charge in [0.15, 0.2) is 0 Å². The second kappa shape index (κ2) is 10.2. The number of carboxylic acids is 1. The Hall–Kier alpha value is -2.61. The Morgan fingerprint density at radius 3 is 2.89 bits per heavy atom. The predicted octanol–water partition coefficient (Wildman–Crippen LogP) is 5.21. The molecular formula is C27H34F2N4O2. The van der Waals surface area contributed by atoms with Crippen molar-refractivity contribution in [2.24, 2.45) is 5.92 Å². The van der Waals surface area contributed by atoms with Gasteiger partial charge < -0.3 is 10.4 Å². The van der Waals surface area contributed by atoms with Crippen molar-refractivity contribution >= 4 is 11.8 Å². The van der Waals surface area contributed by atoms with E-state index in [0.717, 1.165) is 49.4 Å². The van der Waals surface area contributed by atoms with Crippen LogP contribution in [0.2, 0.25) is 0 Å². The lowest BCUT2D eigenvalue weighted by Crippen LogP contribution is -2.36. The van der Waals surface area contributed by atoms with E-state index >= 15 is 8.78 Å². The molecule has 2 aromatic rings. The van der Waals surface area contributed by atoms with Crippen LogP contribution in [0.5, 0.6) is 0 Å². The molecule has 6 nitrogen and oxygen atoms in total. The molecule has 2 atom stereocenters. The maximum atomic E-state index is 15.1. The van der Waals surface area contributed by atoms with Crippen LogP contribution >= 0.6 is 0 Å². The van der Waals surface area contributed by atoms with E-state index in [1.165, 1.54) is 5.56 Å². The Bertz CT molecular complexity index is 1060. The number of aryl methyl sites for hydroxylation is 2. The molecule has 0 spiro atoms. The summed E-state index contributed by atoms with van der Waals surface area (Å²) in [5.41, 5.74) is 3.66. The smallest absolute Gasteiger partial charge is 0.325 e. The van der Waals surface area contributed by atoms with Gasteiger partial charge in [-0.1, -0.05) is 12.1 Å². The summed E-state index contributed by atoms with van der Waals surface area (Å²) in [6, 6.07) is 6.74. The van der Waals surface area contributed by atoms with E-state index in [9.17, 15) is 9.90 Å². The molecule has 1 saturated heterocycles. The number of carbonyl (C=O) groups is 1. The molecule has 1 aliphatic carbocycles. The van der Waals surface area contributed by atoms with Crippen molar-refractivity contribution in [1.82, 2.24) is 14.9 Å². The monoisotopic (exact) mass is 484 g/mol. The van der Waals surface area contributed by atoms with E-state index in [1.54, 1.807) is 23.2 Å². The number of fused-ring (bicyclic) bond motifs is 1. The molecule has 0 amide bonds. The van der Waals surface area contributed by atoms with Crippen LogP contribution in [0, 0.1) is 5.92 Å². The molecule has 0 bridgehead atoms. The van der Waals surface area contributed by atoms with Crippen molar-refractivity contribution < 1.29 is 18.7 Å². The number of nitrogens with one attached hydrogen (secondary N) is 1. The summed E-state index contributed by atoms with van der Waals surface area (Å²) >= 11 is 0. The average molecular weight is 485 g/mol. The number of alkyl halides is 2. The SMILES string of the molecule is O=C(O)C(c1cccnc1C1CC1)N1CC[C@@H](C(F)(F)CCCCc2ccc3c(n2)NCCC3)C1. The van der Waals surface area contributed by atoms with Gasteiger partial charge in [0.2, 0.25) is 0 Å². The predicted molar refractivity (Wildman–Crippen MR) is 130 cm³/mol. The summed E-state index contributed by atoms with van der Waals surface area (Å²) < 4.78 is 30.3. The standard InChI is InChI=1S/C27H34F2N4O2/c28-27(29,13-2-1-6-21-11-10-19-5-3-15-31-25(19)32-21)20-12-16-33(17-20)24(26(34)35)22-7-4-14-30-23(22)18-8-9-18/h4,7,10-11,14,18,20,24H,1-3,5-6,8-9,12-13,15-17H2,(H,31,32)(H,34,35)/t20-,24?/m1/s1. The lowest BCUT2D eigenvalue weighted by Gasteiger charge is -2.28. The zero-order valence-electron chi connectivity index (χ0n) is 20.1. The number of hydrogen-bond donors (Lipinski definition) is 2. The van der Waals surface area contributed by atoms with E-state index in [4.69, 9.17) is 0 Å². The summed E-state index contributed by atoms with van der Waals surface area (Å²) in [6.07, 6.45) is 7.76. The van der Waals surface area contributed by atoms with Gasteiger partial charge in [0.05, 0.1) is 0 Å². The Kier molecular flexibility index (Phi) is 7.00. The van der Waals surface area contributed by atoms with Crippen LogP contribution in [-0.4, -0.2) is 51.5 Å². The number of likely N-dealkylation sites (tertiary alicyclic amines) is 1. The summed E-state index contributed by atoms with van der Waals surface area (Å²) in [5, 5.41) is 13.3. The topological polar surface area (TPSA) is 78.3 Å². The Morgan fingerprint density at radius 2 is 2.09 bits per heavy atom. The van der Waals surface area contributed by atoms with Crippen molar-refractivity contribution in [1.29, 1.82) is 0 Å². The third-order valence-corrected chi connectivity index (χ3v) is 7.69. The fourth-order valence-electron chi connectivity index (χ4n) is 5.59. The molecule has 2 fully saturated rings. The lowest BCUT2D eigenvalue weighted by molar-refractivity contribution is -0.143. The first kappa shape index (κ1) is 24.1. The van der Waals surface area contributed by atoms with Gasteiger partial charge in [0.25, 0.3) is 5.92 Å². The number of carboxylic acid groups (broad SMARTS) is 1. The van der Waals surface area contributed by atoms with E-state index in [2.05, 4.69) is 21.4 Å². The Morgan fingerprint density at radius 1 is 1.23 bits per heavy atom. The normalized spacial score (nSPS) is 21.4. The molecule has 188 valence electrons. The van der Waals surface area contributed by atoms with Crippen LogP contribution in [0.3, 0.4) is 0 Å². The van der Waals surface area contributed by atoms with Gasteiger partial charge in [-0.2, -0.15) is 0 Å². The number of aliphatic carboxylic acids is 1. The van der Waals surface area contributed by atoms with Gasteiger partial charge in [-0.3, -0.25) is 14.7 Å². The summed E-state index contributed by atoms with van der Waals surface area (Å²) in [7, 11) is 0. The van der Waals surface area contributed by atoms with Crippen molar-refractivity contribution in [3.8, 4) is 0 Å². The highest BCUT2D eigenvalue weighted by Gasteiger charge is 2.46. The van der Waals surface area contributed by atoms with Gasteiger partial charge >= 0.3 is 5.97 Å². The van der Waals surface area contributed by atoms with Crippen molar-refractivity contribution in [3.05, 3.63) is 53.0 Å². The number of rotatable bonds is 10. The van der Waals surface area contributed by atoms with Gasteiger partial charge in [0, 0.05) is 54.5 Å². The summed E-state index contributed by atoms with van der Waals surface area (Å²) in [5.74, 6) is -3.38. The van der Waals surface area contributed by atoms with Crippen molar-refractivity contribution in [2.45, 2.75) is 75.7 Å². The van der Waals surface area contributed by atoms with E-state index in [1.807, 2.05) is 6.07 Å². The van der Waals surface area contributed by atoms with Crippen LogP contribution in [0.1, 0.15) is 79.4 Å². The number of nitrogens with zero attached hydrogens (tertiary/aromatic N) is 3. The number of anilines is 1. The molecule has 5 rings (SSSR count). The second-order valence-electron chi connectivity index (χ2n) is 10.3. The van der Waals surface area contributed by atoms with Gasteiger partial charge in [-0.15, -0.1) is 0 Å². The van der Waals surface area contributed by atoms with Gasteiger partial charge in [0.1, 0.15) is 11.9 Å². The first-order chi connectivity index (χ1) is 16.9. The lowest BCUT2D eigenvalue weighted by atomic mass is 9.95. The first-order valence-corrected chi connectivity index (χ1v) is 12.9. The Labute approximate surface area is 205 Å². The Balaban J connectivity index is 1.16. The fourth-order valence-corrected chi connectivity index (χ4v) is 5.59. The molecule has 0 aromatic carbocycles. The summed E-state index contributed by atoms with van der Waals surface area (Å²) in [6.45, 7) is 1.39. The zero-order chi connectivity index (χ0) is 24.4. The second-order valence-corrected chi connectivity index (χ2v) is 10.3. The van der Waals surface area contributed by atoms with Crippen LogP contribution in [0.25, 0.3) is 0 Å². The van der Waals surface area contributed by atoms with Gasteiger partial charge in [-0.25, -0.2) is 13.8 Å². The molecule has 4 heterocycles. The molecule has 1 saturated carbocycles. The largest absolute Gasteiger partial charge is 0.480 e. The third kappa shape index (κ3) is 5.47. The first-order valence-electron chi connectivity index (χ1n) is 12.9. The van der Waals surface area contributed by atoms with Crippen molar-refractivity contribution in [3.63, 3.8) is 0 Å². The number of hydrogen-bond acceptors (Lipinski definition) is 5. The van der Waals surface area contributed by atoms with Crippen LogP contribution in [0.4, 0.5) is 14.6 Å². The number of halogens is 2. The molecule has 2 aliphatic heterocycles. The third-order valence-electron chi connectivity index (χ3n) is 7.69. The molecule has 2 aromatic heterocycles. The molecule has 1 unspecified atom stereocenters. The van der Waals surface area contributed by atoms with E-state index in [0.29, 0.717) is 43.7 Å². The number of pyridine rings is 2. The number of aromatic nitrogens is 2. The highest BCUT2D eigenvalue weighted by atomic mass is 19.3. The van der Waals surface area contributed by atoms with Crippen LogP contribution < -0.4 is 5.32 Å². The van der Waals surface area contributed by atoms with Crippen LogP contribution in [-0.2, 0) is 17.6 Å². The highest BCUT2D eigenvalue weighted by molar-refractivity contribution is 5.76. The minimum atomic E-state index is -2.81. The maximum absolute atomic E-state index is 15.1. The van der Waals surface area contributed by atoms with Crippen molar-refractivity contribution in [2.75, 3.05) is 25.0 Å². The zero-order valence-corrected chi connectivity index (χ0v) is 20.1. The quantitative estimate of drug-likeness (QED) is 0.451. The summed E-state index contributed by atoms with van der Waals surface area (Å²) in [4.78, 5) is 23.0. The molecule has 2 N–H and O–H groups in total. The van der Waals surface area contributed by atoms with E-state index < -0.39 is 23.9 Å². The van der Waals surface area contributed by atoms with Gasteiger partial charge in [-0.05, 0) is 75.6 Å². The molecular weight excluding hydrogens is 450 g/mol. The number of unbranched alkanes of at least 4 members (excludes halogenated alkanes) is 1. The average Bonchev–Trinajstić information content (AvgIpc) is 3.58. The minimum absolute atomic E-state index is 0.0982. The fraction of sp³-hybridized carbons (Fsp3) is 0.593. The molecule has 0 radical (unpaired) electrons. The minimum Gasteiger partial charge on any atom is -0.480 e. The van der Waals surface area contributed by atoms with Crippen LogP contribution in [0.15, 0.2) is 30.5 Å². The highest BCUT2D eigenvalue weighted by Crippen LogP contribution is 2.44. The molecule has 3 aliphatic rings. The van der Waals surface area contributed by atoms with E-state index in [-0.39, 0.29) is 13.0 Å². The molecule has 8 heteroatoms. The molecule has 35 heavy (non-hydrogen) atoms. The maximum Gasteiger partial charge on any atom is 0.325 e.